The van der Waals surface area contributed by atoms with E-state index >= 15 is 0 Å². The third-order valence-electron chi connectivity index (χ3n) is 2.66. The normalized spacial score (nSPS) is 10.1. The largest absolute Gasteiger partial charge is 0.490 e. The highest BCUT2D eigenvalue weighted by Crippen LogP contribution is 2.18. The van der Waals surface area contributed by atoms with Crippen LogP contribution in [-0.2, 0) is 4.74 Å². The second-order valence-corrected chi connectivity index (χ2v) is 4.04. The number of carbonyl (C=O) groups excluding carboxylic acids is 1. The predicted molar refractivity (Wildman–Crippen MR) is 78.7 cm³/mol. The monoisotopic (exact) mass is 278 g/mol. The van der Waals surface area contributed by atoms with Crippen LogP contribution in [0.15, 0.2) is 18.3 Å². The highest BCUT2D eigenvalue weighted by molar-refractivity contribution is 5.94. The summed E-state index contributed by atoms with van der Waals surface area (Å²) in [7, 11) is 1.62. The van der Waals surface area contributed by atoms with Crippen LogP contribution < -0.4 is 4.74 Å². The Balaban J connectivity index is 0.000000956. The van der Waals surface area contributed by atoms with Crippen LogP contribution in [0.4, 0.5) is 0 Å². The molecule has 0 amide bonds. The van der Waals surface area contributed by atoms with E-state index in [1.165, 1.54) is 6.92 Å². The molecule has 0 aliphatic rings. The Hall–Kier alpha value is -1.88. The lowest BCUT2D eigenvalue weighted by Gasteiger charge is -2.06. The van der Waals surface area contributed by atoms with Gasteiger partial charge in [0.05, 0.1) is 18.5 Å². The van der Waals surface area contributed by atoms with Crippen LogP contribution >= 0.6 is 0 Å². The molecule has 0 spiro atoms. The van der Waals surface area contributed by atoms with Gasteiger partial charge in [0.15, 0.2) is 5.78 Å². The van der Waals surface area contributed by atoms with Crippen LogP contribution in [0, 0.1) is 6.92 Å². The highest BCUT2D eigenvalue weighted by atomic mass is 16.5. The third-order valence-corrected chi connectivity index (χ3v) is 2.66. The molecule has 0 aromatic carbocycles. The molecule has 0 bridgehead atoms. The van der Waals surface area contributed by atoms with Crippen molar-refractivity contribution in [3.8, 4) is 5.75 Å². The SMILES string of the molecule is CC.COCCOc1ccc2nc(C)c(C(C)=O)n2c1. The molecule has 0 unspecified atom stereocenters. The topological polar surface area (TPSA) is 52.8 Å². The molecule has 20 heavy (non-hydrogen) atoms. The molecule has 0 aliphatic carbocycles. The van der Waals surface area contributed by atoms with Crippen molar-refractivity contribution in [3.63, 3.8) is 0 Å². The van der Waals surface area contributed by atoms with Crippen LogP contribution in [0.25, 0.3) is 5.65 Å². The number of Topliss-reactive ketones (excluding diaryl/α,β-unsaturated/α-hetero) is 1. The lowest BCUT2D eigenvalue weighted by atomic mass is 10.2. The lowest BCUT2D eigenvalue weighted by molar-refractivity contribution is 0.101. The van der Waals surface area contributed by atoms with Crippen LogP contribution in [0.3, 0.4) is 0 Å². The summed E-state index contributed by atoms with van der Waals surface area (Å²) < 4.78 is 12.2. The summed E-state index contributed by atoms with van der Waals surface area (Å²) in [5, 5.41) is 0. The molecule has 2 aromatic heterocycles. The minimum absolute atomic E-state index is 0.00552. The molecule has 5 nitrogen and oxygen atoms in total. The van der Waals surface area contributed by atoms with Crippen LogP contribution in [0.5, 0.6) is 5.75 Å². The van der Waals surface area contributed by atoms with Crippen LogP contribution in [-0.4, -0.2) is 35.5 Å². The fourth-order valence-corrected chi connectivity index (χ4v) is 1.90. The number of hydrogen-bond acceptors (Lipinski definition) is 4. The zero-order valence-corrected chi connectivity index (χ0v) is 12.8. The standard InChI is InChI=1S/C13H16N2O3.C2H6/c1-9-13(10(2)16)15-8-11(18-7-6-17-3)4-5-12(15)14-9;1-2/h4-5,8H,6-7H2,1-3H3;1-2H3. The van der Waals surface area contributed by atoms with Gasteiger partial charge in [0.2, 0.25) is 0 Å². The van der Waals surface area contributed by atoms with E-state index in [-0.39, 0.29) is 5.78 Å². The summed E-state index contributed by atoms with van der Waals surface area (Å²) in [6.07, 6.45) is 1.78. The van der Waals surface area contributed by atoms with Gasteiger partial charge >= 0.3 is 0 Å². The Kier molecular flexibility index (Phi) is 6.18. The fourth-order valence-electron chi connectivity index (χ4n) is 1.90. The molecule has 0 saturated carbocycles. The van der Waals surface area contributed by atoms with E-state index < -0.39 is 0 Å². The highest BCUT2D eigenvalue weighted by Gasteiger charge is 2.13. The first-order chi connectivity index (χ1) is 9.63. The summed E-state index contributed by atoms with van der Waals surface area (Å²) in [6.45, 7) is 8.37. The summed E-state index contributed by atoms with van der Waals surface area (Å²) >= 11 is 0. The van der Waals surface area contributed by atoms with Crippen molar-refractivity contribution in [2.75, 3.05) is 20.3 Å². The number of imidazole rings is 1. The van der Waals surface area contributed by atoms with Crippen molar-refractivity contribution >= 4 is 11.4 Å². The zero-order valence-electron chi connectivity index (χ0n) is 12.8. The van der Waals surface area contributed by atoms with Crippen molar-refractivity contribution in [2.45, 2.75) is 27.7 Å². The van der Waals surface area contributed by atoms with Gasteiger partial charge in [-0.25, -0.2) is 4.98 Å². The number of ether oxygens (including phenoxy) is 2. The van der Waals surface area contributed by atoms with Crippen molar-refractivity contribution < 1.29 is 14.3 Å². The number of aromatic nitrogens is 2. The minimum atomic E-state index is -0.00552. The number of rotatable bonds is 5. The number of pyridine rings is 1. The lowest BCUT2D eigenvalue weighted by Crippen LogP contribution is -2.06. The van der Waals surface area contributed by atoms with Gasteiger partial charge in [-0.15, -0.1) is 0 Å². The molecule has 2 heterocycles. The number of carbonyl (C=O) groups is 1. The number of fused-ring (bicyclic) bond motifs is 1. The number of aryl methyl sites for hydroxylation is 1. The van der Waals surface area contributed by atoms with E-state index in [1.807, 2.05) is 32.9 Å². The van der Waals surface area contributed by atoms with Gasteiger partial charge in [0, 0.05) is 14.0 Å². The van der Waals surface area contributed by atoms with Crippen molar-refractivity contribution in [1.82, 2.24) is 9.38 Å². The van der Waals surface area contributed by atoms with E-state index in [0.717, 1.165) is 11.3 Å². The van der Waals surface area contributed by atoms with Gasteiger partial charge < -0.3 is 9.47 Å². The quantitative estimate of drug-likeness (QED) is 0.623. The first kappa shape index (κ1) is 16.2. The van der Waals surface area contributed by atoms with Gasteiger partial charge in [-0.3, -0.25) is 9.20 Å². The summed E-state index contributed by atoms with van der Waals surface area (Å²) in [6, 6.07) is 3.67. The number of ketones is 1. The predicted octanol–water partition coefficient (Wildman–Crippen LogP) is 2.90. The second kappa shape index (κ2) is 7.65. The van der Waals surface area contributed by atoms with Gasteiger partial charge in [0.1, 0.15) is 23.7 Å². The van der Waals surface area contributed by atoms with Crippen LogP contribution in [0.2, 0.25) is 0 Å². The van der Waals surface area contributed by atoms with Crippen molar-refractivity contribution in [2.24, 2.45) is 0 Å². The summed E-state index contributed by atoms with van der Waals surface area (Å²) in [5.74, 6) is 0.688. The van der Waals surface area contributed by atoms with Crippen molar-refractivity contribution in [1.29, 1.82) is 0 Å². The number of hydrogen-bond donors (Lipinski definition) is 0. The molecule has 110 valence electrons. The van der Waals surface area contributed by atoms with E-state index in [4.69, 9.17) is 9.47 Å². The fraction of sp³-hybridized carbons (Fsp3) is 0.467. The number of methoxy groups -OCH3 is 1. The molecule has 0 N–H and O–H groups in total. The third kappa shape index (κ3) is 3.57. The van der Waals surface area contributed by atoms with Gasteiger partial charge in [0.25, 0.3) is 0 Å². The zero-order chi connectivity index (χ0) is 15.1. The average molecular weight is 278 g/mol. The molecule has 0 radical (unpaired) electrons. The Morgan fingerprint density at radius 3 is 2.60 bits per heavy atom. The molecule has 2 rings (SSSR count). The number of nitrogens with zero attached hydrogens (tertiary/aromatic N) is 2. The first-order valence-electron chi connectivity index (χ1n) is 6.75. The molecule has 0 aliphatic heterocycles. The van der Waals surface area contributed by atoms with E-state index in [1.54, 1.807) is 17.7 Å². The Bertz CT molecular complexity index is 576. The van der Waals surface area contributed by atoms with Crippen molar-refractivity contribution in [3.05, 3.63) is 29.7 Å². The van der Waals surface area contributed by atoms with E-state index in [0.29, 0.717) is 24.7 Å². The summed E-state index contributed by atoms with van der Waals surface area (Å²) in [5.41, 5.74) is 2.08. The van der Waals surface area contributed by atoms with E-state index in [9.17, 15) is 4.79 Å². The molecule has 2 aromatic rings. The average Bonchev–Trinajstić information content (AvgIpc) is 2.76. The molecule has 5 heteroatoms. The van der Waals surface area contributed by atoms with Crippen LogP contribution in [0.1, 0.15) is 37.0 Å². The molecule has 0 saturated heterocycles. The first-order valence-corrected chi connectivity index (χ1v) is 6.75. The summed E-state index contributed by atoms with van der Waals surface area (Å²) in [4.78, 5) is 15.9. The van der Waals surface area contributed by atoms with Gasteiger partial charge in [-0.05, 0) is 19.1 Å². The molecular formula is C15H22N2O3. The maximum absolute atomic E-state index is 11.6. The molecular weight excluding hydrogens is 256 g/mol. The Morgan fingerprint density at radius 1 is 1.30 bits per heavy atom. The van der Waals surface area contributed by atoms with Gasteiger partial charge in [-0.2, -0.15) is 0 Å². The second-order valence-electron chi connectivity index (χ2n) is 4.04. The minimum Gasteiger partial charge on any atom is -0.490 e. The van der Waals surface area contributed by atoms with E-state index in [2.05, 4.69) is 4.98 Å². The Morgan fingerprint density at radius 2 is 2.00 bits per heavy atom. The van der Waals surface area contributed by atoms with Gasteiger partial charge in [-0.1, -0.05) is 13.8 Å². The maximum atomic E-state index is 11.6. The smallest absolute Gasteiger partial charge is 0.178 e. The molecule has 0 fully saturated rings. The maximum Gasteiger partial charge on any atom is 0.178 e. The molecule has 0 atom stereocenters. The Labute approximate surface area is 119 Å².